The molecular weight excluding hydrogens is 286 g/mol. The largest absolute Gasteiger partial charge is 0.382 e. The molecule has 0 aliphatic carbocycles. The monoisotopic (exact) mass is 305 g/mol. The highest BCUT2D eigenvalue weighted by Gasteiger charge is 2.29. The quantitative estimate of drug-likeness (QED) is 0.897. The number of piperidine rings is 1. The van der Waals surface area contributed by atoms with Gasteiger partial charge in [0.15, 0.2) is 15.7 Å². The van der Waals surface area contributed by atoms with Crippen molar-refractivity contribution in [2.75, 3.05) is 36.6 Å². The summed E-state index contributed by atoms with van der Waals surface area (Å²) in [4.78, 5) is 2.25. The van der Waals surface area contributed by atoms with Gasteiger partial charge in [0, 0.05) is 20.2 Å². The maximum atomic E-state index is 12.1. The SMILES string of the molecule is CCS(=O)(=O)c1c(N)nsc1N1CCC(OC)CC1. The van der Waals surface area contributed by atoms with E-state index in [1.807, 2.05) is 4.90 Å². The van der Waals surface area contributed by atoms with Gasteiger partial charge < -0.3 is 15.4 Å². The average Bonchev–Trinajstić information content (AvgIpc) is 2.81. The van der Waals surface area contributed by atoms with Crippen molar-refractivity contribution in [3.8, 4) is 0 Å². The standard InChI is InChI=1S/C11H19N3O3S2/c1-3-19(15,16)9-10(12)13-18-11(9)14-6-4-8(17-2)5-7-14/h8H,3-7H2,1-2H3,(H2,12,13). The van der Waals surface area contributed by atoms with Gasteiger partial charge in [-0.1, -0.05) is 6.92 Å². The maximum Gasteiger partial charge on any atom is 0.184 e. The van der Waals surface area contributed by atoms with Crippen LogP contribution in [0, 0.1) is 0 Å². The molecular formula is C11H19N3O3S2. The lowest BCUT2D eigenvalue weighted by Gasteiger charge is -2.32. The molecule has 6 nitrogen and oxygen atoms in total. The normalized spacial score (nSPS) is 17.9. The molecule has 0 bridgehead atoms. The molecule has 19 heavy (non-hydrogen) atoms. The number of ether oxygens (including phenoxy) is 1. The van der Waals surface area contributed by atoms with Crippen LogP contribution in [0.15, 0.2) is 4.90 Å². The predicted octanol–water partition coefficient (Wildman–Crippen LogP) is 1.13. The molecule has 0 amide bonds. The number of nitrogens with zero attached hydrogens (tertiary/aromatic N) is 2. The van der Waals surface area contributed by atoms with Crippen molar-refractivity contribution in [2.24, 2.45) is 0 Å². The summed E-state index contributed by atoms with van der Waals surface area (Å²) in [6.07, 6.45) is 2.03. The highest BCUT2D eigenvalue weighted by Crippen LogP contribution is 2.36. The van der Waals surface area contributed by atoms with Crippen molar-refractivity contribution < 1.29 is 13.2 Å². The van der Waals surface area contributed by atoms with E-state index in [1.165, 1.54) is 0 Å². The minimum Gasteiger partial charge on any atom is -0.382 e. The summed E-state index contributed by atoms with van der Waals surface area (Å²) in [5, 5.41) is 0.675. The molecule has 1 aliphatic rings. The summed E-state index contributed by atoms with van der Waals surface area (Å²) in [7, 11) is -1.63. The lowest BCUT2D eigenvalue weighted by Crippen LogP contribution is -2.36. The Kier molecular flexibility index (Phi) is 4.32. The van der Waals surface area contributed by atoms with Crippen LogP contribution in [0.3, 0.4) is 0 Å². The third-order valence-corrected chi connectivity index (χ3v) is 6.25. The Hall–Kier alpha value is -0.860. The highest BCUT2D eigenvalue weighted by atomic mass is 32.2. The van der Waals surface area contributed by atoms with Crippen LogP contribution < -0.4 is 10.6 Å². The second kappa shape index (κ2) is 5.64. The van der Waals surface area contributed by atoms with E-state index < -0.39 is 9.84 Å². The fraction of sp³-hybridized carbons (Fsp3) is 0.727. The van der Waals surface area contributed by atoms with Crippen LogP contribution in [0.25, 0.3) is 0 Å². The third-order valence-electron chi connectivity index (χ3n) is 3.41. The van der Waals surface area contributed by atoms with Crippen molar-refractivity contribution >= 4 is 32.2 Å². The lowest BCUT2D eigenvalue weighted by atomic mass is 10.1. The number of sulfone groups is 1. The number of hydrogen-bond donors (Lipinski definition) is 1. The summed E-state index contributed by atoms with van der Waals surface area (Å²) < 4.78 is 33.5. The fourth-order valence-corrected chi connectivity index (χ4v) is 4.58. The first kappa shape index (κ1) is 14.5. The molecule has 1 saturated heterocycles. The van der Waals surface area contributed by atoms with Crippen LogP contribution in [0.2, 0.25) is 0 Å². The van der Waals surface area contributed by atoms with Gasteiger partial charge in [-0.2, -0.15) is 4.37 Å². The second-order valence-corrected chi connectivity index (χ2v) is 7.49. The summed E-state index contributed by atoms with van der Waals surface area (Å²) in [6, 6.07) is 0. The number of anilines is 2. The number of nitrogen functional groups attached to an aromatic ring is 1. The Morgan fingerprint density at radius 2 is 2.11 bits per heavy atom. The average molecular weight is 305 g/mol. The van der Waals surface area contributed by atoms with Gasteiger partial charge >= 0.3 is 0 Å². The molecule has 0 atom stereocenters. The molecule has 2 heterocycles. The third kappa shape index (κ3) is 2.85. The first-order valence-corrected chi connectivity index (χ1v) is 8.67. The van der Waals surface area contributed by atoms with Crippen LogP contribution >= 0.6 is 11.5 Å². The van der Waals surface area contributed by atoms with Crippen molar-refractivity contribution in [1.82, 2.24) is 4.37 Å². The zero-order valence-corrected chi connectivity index (χ0v) is 12.8. The summed E-state index contributed by atoms with van der Waals surface area (Å²) >= 11 is 1.16. The smallest absolute Gasteiger partial charge is 0.184 e. The van der Waals surface area contributed by atoms with Crippen LogP contribution in [0.5, 0.6) is 0 Å². The minimum atomic E-state index is -3.33. The van der Waals surface area contributed by atoms with E-state index in [9.17, 15) is 8.42 Å². The van der Waals surface area contributed by atoms with E-state index >= 15 is 0 Å². The molecule has 0 unspecified atom stereocenters. The first-order chi connectivity index (χ1) is 8.99. The van der Waals surface area contributed by atoms with Gasteiger partial charge in [-0.05, 0) is 24.4 Å². The zero-order chi connectivity index (χ0) is 14.0. The number of nitrogens with two attached hydrogens (primary N) is 1. The molecule has 0 radical (unpaired) electrons. The molecule has 0 spiro atoms. The fourth-order valence-electron chi connectivity index (χ4n) is 2.22. The molecule has 108 valence electrons. The van der Waals surface area contributed by atoms with Crippen LogP contribution in [-0.2, 0) is 14.6 Å². The van der Waals surface area contributed by atoms with Gasteiger partial charge in [0.1, 0.15) is 9.90 Å². The van der Waals surface area contributed by atoms with Crippen LogP contribution in [0.4, 0.5) is 10.8 Å². The van der Waals surface area contributed by atoms with Crippen molar-refractivity contribution in [1.29, 1.82) is 0 Å². The number of hydrogen-bond acceptors (Lipinski definition) is 7. The zero-order valence-electron chi connectivity index (χ0n) is 11.1. The van der Waals surface area contributed by atoms with E-state index in [1.54, 1.807) is 14.0 Å². The molecule has 0 saturated carbocycles. The Balaban J connectivity index is 2.27. The van der Waals surface area contributed by atoms with E-state index in [0.717, 1.165) is 37.5 Å². The number of aromatic nitrogens is 1. The van der Waals surface area contributed by atoms with Crippen molar-refractivity contribution in [3.05, 3.63) is 0 Å². The molecule has 8 heteroatoms. The van der Waals surface area contributed by atoms with E-state index in [2.05, 4.69) is 4.37 Å². The van der Waals surface area contributed by atoms with Crippen LogP contribution in [0.1, 0.15) is 19.8 Å². The molecule has 1 fully saturated rings. The molecule has 1 aromatic heterocycles. The second-order valence-electron chi connectivity index (χ2n) is 4.53. The Morgan fingerprint density at radius 3 is 2.63 bits per heavy atom. The van der Waals surface area contributed by atoms with Gasteiger partial charge in [0.25, 0.3) is 0 Å². The van der Waals surface area contributed by atoms with E-state index in [0.29, 0.717) is 5.00 Å². The number of rotatable bonds is 4. The van der Waals surface area contributed by atoms with Gasteiger partial charge in [0.2, 0.25) is 0 Å². The maximum absolute atomic E-state index is 12.1. The minimum absolute atomic E-state index is 0.0388. The van der Waals surface area contributed by atoms with E-state index in [4.69, 9.17) is 10.5 Å². The molecule has 1 aromatic rings. The number of methoxy groups -OCH3 is 1. The molecule has 2 rings (SSSR count). The van der Waals surface area contributed by atoms with Crippen LogP contribution in [-0.4, -0.2) is 44.8 Å². The predicted molar refractivity (Wildman–Crippen MR) is 76.5 cm³/mol. The lowest BCUT2D eigenvalue weighted by molar-refractivity contribution is 0.0819. The highest BCUT2D eigenvalue weighted by molar-refractivity contribution is 7.91. The Labute approximate surface area is 117 Å². The summed E-state index contributed by atoms with van der Waals surface area (Å²) in [6.45, 7) is 3.16. The van der Waals surface area contributed by atoms with Gasteiger partial charge in [-0.3, -0.25) is 0 Å². The van der Waals surface area contributed by atoms with E-state index in [-0.39, 0.29) is 22.6 Å². The summed E-state index contributed by atoms with van der Waals surface area (Å²) in [5.74, 6) is 0.160. The van der Waals surface area contributed by atoms with Crippen molar-refractivity contribution in [3.63, 3.8) is 0 Å². The van der Waals surface area contributed by atoms with Gasteiger partial charge in [-0.15, -0.1) is 0 Å². The summed E-state index contributed by atoms with van der Waals surface area (Å²) in [5.41, 5.74) is 5.73. The van der Waals surface area contributed by atoms with Gasteiger partial charge in [-0.25, -0.2) is 8.42 Å². The van der Waals surface area contributed by atoms with Gasteiger partial charge in [0.05, 0.1) is 11.9 Å². The van der Waals surface area contributed by atoms with Crippen molar-refractivity contribution in [2.45, 2.75) is 30.8 Å². The molecule has 2 N–H and O–H groups in total. The Morgan fingerprint density at radius 1 is 1.47 bits per heavy atom. The molecule has 1 aliphatic heterocycles. The molecule has 0 aromatic carbocycles. The Bertz CT molecular complexity index is 533. The topological polar surface area (TPSA) is 85.5 Å². The first-order valence-electron chi connectivity index (χ1n) is 6.25.